The van der Waals surface area contributed by atoms with Crippen LogP contribution in [-0.4, -0.2) is 5.12 Å². The molecule has 0 aliphatic rings. The average Bonchev–Trinajstić information content (AvgIpc) is 2.32. The summed E-state index contributed by atoms with van der Waals surface area (Å²) < 4.78 is 0. The highest BCUT2D eigenvalue weighted by Gasteiger charge is 2.10. The number of carbonyl (C=O) groups excluding carboxylic acids is 1. The standard InChI is InChI=1S/C14H13NOS/c1-10(16)17-14-12(8-5-9-13(14)15)11-6-3-2-4-7-11/h2-9H,15H2,1H3. The molecule has 0 heterocycles. The van der Waals surface area contributed by atoms with Crippen molar-refractivity contribution in [3.63, 3.8) is 0 Å². The monoisotopic (exact) mass is 243 g/mol. The zero-order valence-corrected chi connectivity index (χ0v) is 10.3. The molecule has 0 atom stereocenters. The molecule has 0 aliphatic carbocycles. The van der Waals surface area contributed by atoms with Gasteiger partial charge in [-0.2, -0.15) is 0 Å². The second-order valence-corrected chi connectivity index (χ2v) is 4.87. The van der Waals surface area contributed by atoms with Gasteiger partial charge in [0, 0.05) is 17.5 Å². The minimum Gasteiger partial charge on any atom is -0.398 e. The molecule has 2 nitrogen and oxygen atoms in total. The number of hydrogen-bond donors (Lipinski definition) is 1. The Morgan fingerprint density at radius 3 is 2.41 bits per heavy atom. The number of carbonyl (C=O) groups is 1. The van der Waals surface area contributed by atoms with Crippen LogP contribution in [-0.2, 0) is 4.79 Å². The normalized spacial score (nSPS) is 10.2. The van der Waals surface area contributed by atoms with Crippen LogP contribution in [0.25, 0.3) is 11.1 Å². The first-order chi connectivity index (χ1) is 8.18. The predicted molar refractivity (Wildman–Crippen MR) is 72.8 cm³/mol. The molecular formula is C14H13NOS. The maximum atomic E-state index is 11.3. The number of benzene rings is 2. The molecule has 0 bridgehead atoms. The van der Waals surface area contributed by atoms with E-state index in [4.69, 9.17) is 5.73 Å². The molecule has 0 fully saturated rings. The molecule has 86 valence electrons. The summed E-state index contributed by atoms with van der Waals surface area (Å²) in [6, 6.07) is 15.6. The molecule has 0 saturated heterocycles. The molecule has 0 spiro atoms. The van der Waals surface area contributed by atoms with Crippen LogP contribution >= 0.6 is 11.8 Å². The van der Waals surface area contributed by atoms with Crippen molar-refractivity contribution in [2.45, 2.75) is 11.8 Å². The molecule has 2 N–H and O–H groups in total. The molecule has 3 heteroatoms. The average molecular weight is 243 g/mol. The van der Waals surface area contributed by atoms with Gasteiger partial charge in [0.2, 0.25) is 0 Å². The molecular weight excluding hydrogens is 230 g/mol. The summed E-state index contributed by atoms with van der Waals surface area (Å²) in [6.45, 7) is 1.55. The molecule has 0 unspecified atom stereocenters. The summed E-state index contributed by atoms with van der Waals surface area (Å²) in [6.07, 6.45) is 0. The maximum absolute atomic E-state index is 11.3. The minimum absolute atomic E-state index is 0.0417. The Morgan fingerprint density at radius 1 is 1.06 bits per heavy atom. The summed E-state index contributed by atoms with van der Waals surface area (Å²) in [5.74, 6) is 0. The van der Waals surface area contributed by atoms with Crippen LogP contribution in [0.5, 0.6) is 0 Å². The molecule has 2 aromatic rings. The lowest BCUT2D eigenvalue weighted by Crippen LogP contribution is -1.93. The van der Waals surface area contributed by atoms with Gasteiger partial charge in [-0.25, -0.2) is 0 Å². The number of nitrogen functional groups attached to an aromatic ring is 1. The SMILES string of the molecule is CC(=O)Sc1c(N)cccc1-c1ccccc1. The van der Waals surface area contributed by atoms with E-state index in [1.807, 2.05) is 48.5 Å². The number of thioether (sulfide) groups is 1. The van der Waals surface area contributed by atoms with E-state index >= 15 is 0 Å². The van der Waals surface area contributed by atoms with Crippen LogP contribution in [0.15, 0.2) is 53.4 Å². The van der Waals surface area contributed by atoms with Crippen LogP contribution in [0.2, 0.25) is 0 Å². The minimum atomic E-state index is 0.0417. The summed E-state index contributed by atoms with van der Waals surface area (Å²) in [5.41, 5.74) is 8.66. The van der Waals surface area contributed by atoms with Crippen LogP contribution < -0.4 is 5.73 Å². The fraction of sp³-hybridized carbons (Fsp3) is 0.0714. The van der Waals surface area contributed by atoms with Crippen molar-refractivity contribution >= 4 is 22.6 Å². The van der Waals surface area contributed by atoms with Gasteiger partial charge in [-0.05, 0) is 29.0 Å². The first kappa shape index (κ1) is 11.7. The predicted octanol–water partition coefficient (Wildman–Crippen LogP) is 3.57. The lowest BCUT2D eigenvalue weighted by molar-refractivity contribution is -0.109. The van der Waals surface area contributed by atoms with Crippen molar-refractivity contribution in [2.24, 2.45) is 0 Å². The molecule has 0 radical (unpaired) electrons. The van der Waals surface area contributed by atoms with E-state index in [2.05, 4.69) is 0 Å². The van der Waals surface area contributed by atoms with Crippen molar-refractivity contribution in [1.82, 2.24) is 0 Å². The Bertz CT molecular complexity index is 537. The third-order valence-corrected chi connectivity index (χ3v) is 3.32. The van der Waals surface area contributed by atoms with Gasteiger partial charge < -0.3 is 5.73 Å². The van der Waals surface area contributed by atoms with Crippen LogP contribution in [0.3, 0.4) is 0 Å². The van der Waals surface area contributed by atoms with E-state index in [0.29, 0.717) is 5.69 Å². The van der Waals surface area contributed by atoms with Crippen molar-refractivity contribution < 1.29 is 4.79 Å². The molecule has 2 rings (SSSR count). The lowest BCUT2D eigenvalue weighted by Gasteiger charge is -2.10. The largest absolute Gasteiger partial charge is 0.398 e. The summed E-state index contributed by atoms with van der Waals surface area (Å²) in [4.78, 5) is 12.1. The highest BCUT2D eigenvalue weighted by Crippen LogP contribution is 2.35. The highest BCUT2D eigenvalue weighted by atomic mass is 32.2. The first-order valence-electron chi connectivity index (χ1n) is 5.31. The van der Waals surface area contributed by atoms with Gasteiger partial charge >= 0.3 is 0 Å². The molecule has 17 heavy (non-hydrogen) atoms. The molecule has 0 amide bonds. The lowest BCUT2D eigenvalue weighted by atomic mass is 10.1. The summed E-state index contributed by atoms with van der Waals surface area (Å²) >= 11 is 1.18. The zero-order chi connectivity index (χ0) is 12.3. The Morgan fingerprint density at radius 2 is 1.76 bits per heavy atom. The van der Waals surface area contributed by atoms with Gasteiger partial charge in [0.25, 0.3) is 0 Å². The van der Waals surface area contributed by atoms with E-state index in [9.17, 15) is 4.79 Å². The fourth-order valence-corrected chi connectivity index (χ4v) is 2.43. The molecule has 0 aromatic heterocycles. The van der Waals surface area contributed by atoms with E-state index in [-0.39, 0.29) is 5.12 Å². The van der Waals surface area contributed by atoms with Crippen molar-refractivity contribution in [3.8, 4) is 11.1 Å². The van der Waals surface area contributed by atoms with E-state index < -0.39 is 0 Å². The maximum Gasteiger partial charge on any atom is 0.190 e. The Hall–Kier alpha value is -1.74. The van der Waals surface area contributed by atoms with E-state index in [1.54, 1.807) is 6.92 Å². The van der Waals surface area contributed by atoms with E-state index in [0.717, 1.165) is 16.0 Å². The number of anilines is 1. The fourth-order valence-electron chi connectivity index (χ4n) is 1.66. The Labute approximate surface area is 105 Å². The van der Waals surface area contributed by atoms with Crippen molar-refractivity contribution in [1.29, 1.82) is 0 Å². The number of hydrogen-bond acceptors (Lipinski definition) is 3. The van der Waals surface area contributed by atoms with E-state index in [1.165, 1.54) is 11.8 Å². The van der Waals surface area contributed by atoms with Gasteiger partial charge in [0.1, 0.15) is 0 Å². The highest BCUT2D eigenvalue weighted by molar-refractivity contribution is 8.13. The van der Waals surface area contributed by atoms with Gasteiger partial charge in [-0.1, -0.05) is 42.5 Å². The van der Waals surface area contributed by atoms with Crippen molar-refractivity contribution in [3.05, 3.63) is 48.5 Å². The number of rotatable bonds is 2. The van der Waals surface area contributed by atoms with Crippen molar-refractivity contribution in [2.75, 3.05) is 5.73 Å². The topological polar surface area (TPSA) is 43.1 Å². The third kappa shape index (κ3) is 2.68. The summed E-state index contributed by atoms with van der Waals surface area (Å²) in [7, 11) is 0. The smallest absolute Gasteiger partial charge is 0.190 e. The number of nitrogens with two attached hydrogens (primary N) is 1. The van der Waals surface area contributed by atoms with Gasteiger partial charge in [0.05, 0.1) is 0 Å². The zero-order valence-electron chi connectivity index (χ0n) is 9.51. The van der Waals surface area contributed by atoms with Gasteiger partial charge in [0.15, 0.2) is 5.12 Å². The second kappa shape index (κ2) is 5.06. The molecule has 0 saturated carbocycles. The Kier molecular flexibility index (Phi) is 3.49. The van der Waals surface area contributed by atoms with Crippen LogP contribution in [0, 0.1) is 0 Å². The van der Waals surface area contributed by atoms with Gasteiger partial charge in [-0.15, -0.1) is 0 Å². The first-order valence-corrected chi connectivity index (χ1v) is 6.12. The molecule has 0 aliphatic heterocycles. The second-order valence-electron chi connectivity index (χ2n) is 3.68. The molecule has 2 aromatic carbocycles. The van der Waals surface area contributed by atoms with Gasteiger partial charge in [-0.3, -0.25) is 4.79 Å². The van der Waals surface area contributed by atoms with Crippen LogP contribution in [0.4, 0.5) is 5.69 Å². The Balaban J connectivity index is 2.54. The third-order valence-electron chi connectivity index (χ3n) is 2.38. The quantitative estimate of drug-likeness (QED) is 0.647. The summed E-state index contributed by atoms with van der Waals surface area (Å²) in [5, 5.41) is 0.0417. The van der Waals surface area contributed by atoms with Crippen LogP contribution in [0.1, 0.15) is 6.92 Å².